The number of alkyl carbamates (subject to hydrolysis) is 1. The zero-order valence-electron chi connectivity index (χ0n) is 13.2. The van der Waals surface area contributed by atoms with Crippen LogP contribution in [0.4, 0.5) is 9.18 Å². The van der Waals surface area contributed by atoms with Gasteiger partial charge in [0.15, 0.2) is 0 Å². The highest BCUT2D eigenvalue weighted by Gasteiger charge is 2.22. The van der Waals surface area contributed by atoms with Crippen molar-refractivity contribution in [1.82, 2.24) is 5.32 Å². The molecule has 1 heterocycles. The van der Waals surface area contributed by atoms with Gasteiger partial charge in [-0.05, 0) is 35.9 Å². The average Bonchev–Trinajstić information content (AvgIpc) is 2.63. The first kappa shape index (κ1) is 16.6. The van der Waals surface area contributed by atoms with Crippen molar-refractivity contribution in [2.24, 2.45) is 4.99 Å². The van der Waals surface area contributed by atoms with Crippen LogP contribution >= 0.6 is 0 Å². The maximum Gasteiger partial charge on any atom is 0.408 e. The maximum absolute atomic E-state index is 12.9. The smallest absolute Gasteiger partial charge is 0.408 e. The quantitative estimate of drug-likeness (QED) is 0.932. The summed E-state index contributed by atoms with van der Waals surface area (Å²) in [5.74, 6) is -0.880. The third-order valence-corrected chi connectivity index (χ3v) is 3.57. The first-order valence-corrected chi connectivity index (χ1v) is 7.66. The Morgan fingerprint density at radius 3 is 2.52 bits per heavy atom. The van der Waals surface area contributed by atoms with Crippen LogP contribution in [0.2, 0.25) is 0 Å². The number of allylic oxidation sites excluding steroid dienone is 1. The van der Waals surface area contributed by atoms with Crippen LogP contribution in [-0.2, 0) is 16.1 Å². The van der Waals surface area contributed by atoms with Gasteiger partial charge in [0, 0.05) is 5.56 Å². The molecule has 5 nitrogen and oxygen atoms in total. The molecule has 0 spiro atoms. The van der Waals surface area contributed by atoms with Gasteiger partial charge >= 0.3 is 6.09 Å². The summed E-state index contributed by atoms with van der Waals surface area (Å²) in [7, 11) is 0. The fourth-order valence-electron chi connectivity index (χ4n) is 2.28. The highest BCUT2D eigenvalue weighted by atomic mass is 19.1. The number of aliphatic imine (C=N–C) groups is 1. The number of dihydropyridines is 1. The van der Waals surface area contributed by atoms with Gasteiger partial charge in [0.05, 0.1) is 5.71 Å². The summed E-state index contributed by atoms with van der Waals surface area (Å²) in [5, 5.41) is 2.46. The first-order valence-electron chi connectivity index (χ1n) is 7.66. The number of nitrogens with zero attached hydrogens (tertiary/aromatic N) is 1. The van der Waals surface area contributed by atoms with Gasteiger partial charge in [-0.25, -0.2) is 14.2 Å². The Balaban J connectivity index is 1.56. The number of carbonyl (C=O) groups excluding carboxylic acids is 2. The van der Waals surface area contributed by atoms with Crippen LogP contribution in [0.25, 0.3) is 0 Å². The van der Waals surface area contributed by atoms with Crippen LogP contribution in [-0.4, -0.2) is 23.8 Å². The standard InChI is InChI=1S/C19H15FN2O3/c20-15-8-6-14(7-9-15)16-10-11-17(18(23)21-16)22-19(24)25-12-13-4-2-1-3-5-13/h1-11,17H,12H2,(H,22,24). The van der Waals surface area contributed by atoms with E-state index in [2.05, 4.69) is 10.3 Å². The predicted molar refractivity (Wildman–Crippen MR) is 90.6 cm³/mol. The number of amides is 2. The molecule has 1 N–H and O–H groups in total. The lowest BCUT2D eigenvalue weighted by Crippen LogP contribution is -2.40. The molecule has 126 valence electrons. The van der Waals surface area contributed by atoms with Crippen LogP contribution in [0.1, 0.15) is 11.1 Å². The minimum Gasteiger partial charge on any atom is -0.445 e. The molecule has 1 aliphatic heterocycles. The number of nitrogens with one attached hydrogen (secondary N) is 1. The Hall–Kier alpha value is -3.28. The molecule has 2 amide bonds. The van der Waals surface area contributed by atoms with E-state index in [9.17, 15) is 14.0 Å². The fourth-order valence-corrected chi connectivity index (χ4v) is 2.28. The number of carbonyl (C=O) groups is 2. The molecule has 0 radical (unpaired) electrons. The molecule has 0 fully saturated rings. The Kier molecular flexibility index (Phi) is 4.99. The van der Waals surface area contributed by atoms with E-state index in [-0.39, 0.29) is 12.4 Å². The Morgan fingerprint density at radius 1 is 1.12 bits per heavy atom. The van der Waals surface area contributed by atoms with Crippen molar-refractivity contribution in [3.63, 3.8) is 0 Å². The zero-order chi connectivity index (χ0) is 17.6. The number of rotatable bonds is 4. The number of halogens is 1. The topological polar surface area (TPSA) is 67.8 Å². The van der Waals surface area contributed by atoms with E-state index in [1.165, 1.54) is 30.3 Å². The molecule has 25 heavy (non-hydrogen) atoms. The van der Waals surface area contributed by atoms with Crippen LogP contribution in [0.15, 0.2) is 71.7 Å². The third kappa shape index (κ3) is 4.38. The molecule has 0 aromatic heterocycles. The molecule has 0 aliphatic carbocycles. The number of hydrogen-bond acceptors (Lipinski definition) is 3. The summed E-state index contributed by atoms with van der Waals surface area (Å²) in [6.45, 7) is 0.112. The van der Waals surface area contributed by atoms with Crippen LogP contribution < -0.4 is 5.32 Å². The van der Waals surface area contributed by atoms with E-state index in [1.54, 1.807) is 6.08 Å². The summed E-state index contributed by atoms with van der Waals surface area (Å²) < 4.78 is 18.0. The maximum atomic E-state index is 12.9. The van der Waals surface area contributed by atoms with Crippen molar-refractivity contribution in [2.75, 3.05) is 0 Å². The SMILES string of the molecule is O=C(NC1C=CC(c2ccc(F)cc2)=NC1=O)OCc1ccccc1. The van der Waals surface area contributed by atoms with Gasteiger partial charge in [-0.1, -0.05) is 36.4 Å². The van der Waals surface area contributed by atoms with Crippen molar-refractivity contribution < 1.29 is 18.7 Å². The van der Waals surface area contributed by atoms with E-state index in [0.29, 0.717) is 11.3 Å². The van der Waals surface area contributed by atoms with E-state index in [0.717, 1.165) is 5.56 Å². The molecule has 1 aliphatic rings. The lowest BCUT2D eigenvalue weighted by molar-refractivity contribution is -0.118. The average molecular weight is 338 g/mol. The van der Waals surface area contributed by atoms with Crippen LogP contribution in [0.3, 0.4) is 0 Å². The minimum atomic E-state index is -0.882. The summed E-state index contributed by atoms with van der Waals surface area (Å²) in [6.07, 6.45) is 2.43. The molecule has 6 heteroatoms. The van der Waals surface area contributed by atoms with Crippen molar-refractivity contribution >= 4 is 17.7 Å². The second-order valence-electron chi connectivity index (χ2n) is 5.39. The largest absolute Gasteiger partial charge is 0.445 e. The Bertz CT molecular complexity index is 830. The molecule has 0 saturated carbocycles. The molecule has 0 saturated heterocycles. The molecule has 2 aromatic carbocycles. The van der Waals surface area contributed by atoms with Crippen LogP contribution in [0, 0.1) is 5.82 Å². The summed E-state index contributed by atoms with van der Waals surface area (Å²) in [5.41, 5.74) is 1.89. The van der Waals surface area contributed by atoms with Crippen LogP contribution in [0.5, 0.6) is 0 Å². The monoisotopic (exact) mass is 338 g/mol. The zero-order valence-corrected chi connectivity index (χ0v) is 13.2. The molecule has 1 atom stereocenters. The van der Waals surface area contributed by atoms with Gasteiger partial charge in [-0.15, -0.1) is 0 Å². The molecular formula is C19H15FN2O3. The first-order chi connectivity index (χ1) is 12.1. The van der Waals surface area contributed by atoms with Gasteiger partial charge in [0.1, 0.15) is 18.5 Å². The van der Waals surface area contributed by atoms with E-state index < -0.39 is 18.0 Å². The fraction of sp³-hybridized carbons (Fsp3) is 0.105. The van der Waals surface area contributed by atoms with Gasteiger partial charge in [-0.2, -0.15) is 0 Å². The Morgan fingerprint density at radius 2 is 1.84 bits per heavy atom. The minimum absolute atomic E-state index is 0.112. The van der Waals surface area contributed by atoms with E-state index in [4.69, 9.17) is 4.74 Å². The predicted octanol–water partition coefficient (Wildman–Crippen LogP) is 3.01. The number of ether oxygens (including phenoxy) is 1. The van der Waals surface area contributed by atoms with Gasteiger partial charge in [0.25, 0.3) is 5.91 Å². The molecular weight excluding hydrogens is 323 g/mol. The van der Waals surface area contributed by atoms with Crippen molar-refractivity contribution in [3.05, 3.63) is 83.7 Å². The lowest BCUT2D eigenvalue weighted by Gasteiger charge is -2.16. The number of hydrogen-bond donors (Lipinski definition) is 1. The van der Waals surface area contributed by atoms with Gasteiger partial charge < -0.3 is 10.1 Å². The summed E-state index contributed by atoms with van der Waals surface area (Å²) in [6, 6.07) is 14.0. The van der Waals surface area contributed by atoms with Crippen molar-refractivity contribution in [2.45, 2.75) is 12.6 Å². The Labute approximate surface area is 143 Å². The van der Waals surface area contributed by atoms with E-state index >= 15 is 0 Å². The summed E-state index contributed by atoms with van der Waals surface area (Å²) in [4.78, 5) is 27.8. The third-order valence-electron chi connectivity index (χ3n) is 3.57. The second kappa shape index (κ2) is 7.53. The highest BCUT2D eigenvalue weighted by Crippen LogP contribution is 2.11. The molecule has 2 aromatic rings. The normalized spacial score (nSPS) is 16.3. The number of benzene rings is 2. The van der Waals surface area contributed by atoms with Gasteiger partial charge in [-0.3, -0.25) is 4.79 Å². The molecule has 3 rings (SSSR count). The highest BCUT2D eigenvalue weighted by molar-refractivity contribution is 6.16. The summed E-state index contributed by atoms with van der Waals surface area (Å²) >= 11 is 0. The second-order valence-corrected chi connectivity index (χ2v) is 5.39. The molecule has 1 unspecified atom stereocenters. The van der Waals surface area contributed by atoms with E-state index in [1.807, 2.05) is 30.3 Å². The lowest BCUT2D eigenvalue weighted by atomic mass is 10.1. The van der Waals surface area contributed by atoms with Crippen molar-refractivity contribution in [1.29, 1.82) is 0 Å². The van der Waals surface area contributed by atoms with Crippen molar-refractivity contribution in [3.8, 4) is 0 Å². The van der Waals surface area contributed by atoms with Gasteiger partial charge in [0.2, 0.25) is 0 Å². The molecule has 0 bridgehead atoms.